The van der Waals surface area contributed by atoms with E-state index >= 15 is 0 Å². The third-order valence-electron chi connectivity index (χ3n) is 3.09. The Morgan fingerprint density at radius 1 is 1.16 bits per heavy atom. The molecule has 2 unspecified atom stereocenters. The van der Waals surface area contributed by atoms with Crippen molar-refractivity contribution in [3.63, 3.8) is 0 Å². The molecule has 1 aromatic heterocycles. The van der Waals surface area contributed by atoms with Crippen molar-refractivity contribution in [3.05, 3.63) is 59.7 Å². The highest BCUT2D eigenvalue weighted by molar-refractivity contribution is 5.35. The first kappa shape index (κ1) is 13.5. The second-order valence-corrected chi connectivity index (χ2v) is 4.57. The second kappa shape index (κ2) is 5.80. The molecule has 0 fully saturated rings. The van der Waals surface area contributed by atoms with Crippen LogP contribution in [0.2, 0.25) is 0 Å². The van der Waals surface area contributed by atoms with Crippen LogP contribution in [0.1, 0.15) is 37.2 Å². The predicted molar refractivity (Wildman–Crippen MR) is 72.3 cm³/mol. The molecule has 4 heteroatoms. The van der Waals surface area contributed by atoms with E-state index in [4.69, 9.17) is 0 Å². The topological polar surface area (TPSA) is 45.1 Å². The summed E-state index contributed by atoms with van der Waals surface area (Å²) in [6.45, 7) is 3.86. The number of aromatic nitrogens is 1. The summed E-state index contributed by atoms with van der Waals surface area (Å²) in [6.07, 6.45) is 1.73. The molecule has 0 aliphatic carbocycles. The van der Waals surface area contributed by atoms with Crippen LogP contribution in [0.15, 0.2) is 42.6 Å². The van der Waals surface area contributed by atoms with Crippen LogP contribution >= 0.6 is 0 Å². The molecule has 0 aliphatic heterocycles. The Labute approximate surface area is 112 Å². The van der Waals surface area contributed by atoms with Gasteiger partial charge in [-0.25, -0.2) is 4.39 Å². The molecule has 0 aliphatic rings. The third-order valence-corrected chi connectivity index (χ3v) is 3.09. The van der Waals surface area contributed by atoms with Crippen LogP contribution in [-0.2, 0) is 0 Å². The number of halogens is 1. The largest absolute Gasteiger partial charge is 0.508 e. The molecule has 2 atom stereocenters. The van der Waals surface area contributed by atoms with E-state index in [-0.39, 0.29) is 23.7 Å². The molecule has 0 saturated heterocycles. The van der Waals surface area contributed by atoms with E-state index in [1.165, 1.54) is 18.2 Å². The van der Waals surface area contributed by atoms with Gasteiger partial charge in [-0.05, 0) is 44.2 Å². The lowest BCUT2D eigenvalue weighted by Gasteiger charge is -2.20. The molecule has 0 radical (unpaired) electrons. The van der Waals surface area contributed by atoms with Gasteiger partial charge in [-0.3, -0.25) is 4.98 Å². The van der Waals surface area contributed by atoms with Crippen molar-refractivity contribution in [2.24, 2.45) is 0 Å². The normalized spacial score (nSPS) is 14.1. The number of nitrogens with zero attached hydrogens (tertiary/aromatic N) is 1. The van der Waals surface area contributed by atoms with Crippen molar-refractivity contribution < 1.29 is 9.50 Å². The van der Waals surface area contributed by atoms with Gasteiger partial charge in [0, 0.05) is 23.8 Å². The number of phenols is 1. The number of hydrogen-bond acceptors (Lipinski definition) is 3. The van der Waals surface area contributed by atoms with Gasteiger partial charge in [0.05, 0.1) is 5.69 Å². The Balaban J connectivity index is 2.13. The fourth-order valence-electron chi connectivity index (χ4n) is 2.05. The van der Waals surface area contributed by atoms with Crippen molar-refractivity contribution in [2.75, 3.05) is 0 Å². The molecule has 0 bridgehead atoms. The van der Waals surface area contributed by atoms with E-state index in [2.05, 4.69) is 10.3 Å². The number of rotatable bonds is 4. The quantitative estimate of drug-likeness (QED) is 0.886. The van der Waals surface area contributed by atoms with Crippen molar-refractivity contribution in [1.29, 1.82) is 0 Å². The summed E-state index contributed by atoms with van der Waals surface area (Å²) >= 11 is 0. The van der Waals surface area contributed by atoms with Crippen LogP contribution < -0.4 is 5.32 Å². The number of hydrogen-bond donors (Lipinski definition) is 2. The fraction of sp³-hybridized carbons (Fsp3) is 0.267. The van der Waals surface area contributed by atoms with Crippen molar-refractivity contribution in [2.45, 2.75) is 25.9 Å². The maximum absolute atomic E-state index is 13.2. The minimum Gasteiger partial charge on any atom is -0.508 e. The van der Waals surface area contributed by atoms with E-state index in [0.717, 1.165) is 5.69 Å². The predicted octanol–water partition coefficient (Wildman–Crippen LogP) is 3.34. The minimum absolute atomic E-state index is 0.0128. The minimum atomic E-state index is -0.355. The van der Waals surface area contributed by atoms with Crippen LogP contribution in [-0.4, -0.2) is 10.1 Å². The number of pyridine rings is 1. The van der Waals surface area contributed by atoms with Gasteiger partial charge < -0.3 is 10.4 Å². The monoisotopic (exact) mass is 260 g/mol. The zero-order valence-electron chi connectivity index (χ0n) is 11.0. The van der Waals surface area contributed by atoms with E-state index in [1.54, 1.807) is 6.20 Å². The van der Waals surface area contributed by atoms with Crippen molar-refractivity contribution >= 4 is 0 Å². The lowest BCUT2D eigenvalue weighted by Crippen LogP contribution is -2.23. The van der Waals surface area contributed by atoms with E-state index in [0.29, 0.717) is 5.56 Å². The Kier molecular flexibility index (Phi) is 4.12. The number of aromatic hydroxyl groups is 1. The van der Waals surface area contributed by atoms with Crippen LogP contribution in [0.3, 0.4) is 0 Å². The summed E-state index contributed by atoms with van der Waals surface area (Å²) in [6, 6.07) is 9.50. The molecule has 0 saturated carbocycles. The molecule has 0 spiro atoms. The SMILES string of the molecule is CC(NC(C)c1cc(F)ccc1O)c1ccccn1. The molecule has 3 nitrogen and oxygen atoms in total. The first-order valence-corrected chi connectivity index (χ1v) is 6.23. The Hall–Kier alpha value is -1.94. The zero-order chi connectivity index (χ0) is 13.8. The summed E-state index contributed by atoms with van der Waals surface area (Å²) < 4.78 is 13.2. The molecule has 0 amide bonds. The Bertz CT molecular complexity index is 545. The molecule has 2 N–H and O–H groups in total. The summed E-state index contributed by atoms with van der Waals surface area (Å²) in [5, 5.41) is 13.1. The number of benzene rings is 1. The fourth-order valence-corrected chi connectivity index (χ4v) is 2.05. The molecular weight excluding hydrogens is 243 g/mol. The van der Waals surface area contributed by atoms with Crippen LogP contribution in [0, 0.1) is 5.82 Å². The van der Waals surface area contributed by atoms with E-state index in [1.807, 2.05) is 32.0 Å². The van der Waals surface area contributed by atoms with Crippen LogP contribution in [0.5, 0.6) is 5.75 Å². The molecule has 1 heterocycles. The zero-order valence-corrected chi connectivity index (χ0v) is 11.0. The summed E-state index contributed by atoms with van der Waals surface area (Å²) in [5.74, 6) is -0.262. The van der Waals surface area contributed by atoms with Gasteiger partial charge in [-0.1, -0.05) is 6.07 Å². The van der Waals surface area contributed by atoms with Gasteiger partial charge in [-0.2, -0.15) is 0 Å². The highest BCUT2D eigenvalue weighted by atomic mass is 19.1. The standard InChI is InChI=1S/C15H17FN2O/c1-10(13-9-12(16)6-7-15(13)19)18-11(2)14-5-3-4-8-17-14/h3-11,18-19H,1-2H3. The molecule has 100 valence electrons. The Morgan fingerprint density at radius 2 is 1.95 bits per heavy atom. The summed E-state index contributed by atoms with van der Waals surface area (Å²) in [7, 11) is 0. The third kappa shape index (κ3) is 3.29. The van der Waals surface area contributed by atoms with Gasteiger partial charge in [0.1, 0.15) is 11.6 Å². The van der Waals surface area contributed by atoms with Gasteiger partial charge in [0.2, 0.25) is 0 Å². The van der Waals surface area contributed by atoms with Gasteiger partial charge >= 0.3 is 0 Å². The first-order valence-electron chi connectivity index (χ1n) is 6.23. The average molecular weight is 260 g/mol. The first-order chi connectivity index (χ1) is 9.08. The maximum atomic E-state index is 13.2. The highest BCUT2D eigenvalue weighted by Gasteiger charge is 2.15. The molecule has 19 heavy (non-hydrogen) atoms. The number of phenolic OH excluding ortho intramolecular Hbond substituents is 1. The van der Waals surface area contributed by atoms with Gasteiger partial charge in [0.25, 0.3) is 0 Å². The van der Waals surface area contributed by atoms with Crippen molar-refractivity contribution in [3.8, 4) is 5.75 Å². The molecule has 2 aromatic rings. The molecular formula is C15H17FN2O. The smallest absolute Gasteiger partial charge is 0.123 e. The van der Waals surface area contributed by atoms with Crippen molar-refractivity contribution in [1.82, 2.24) is 10.3 Å². The van der Waals surface area contributed by atoms with Crippen LogP contribution in [0.4, 0.5) is 4.39 Å². The van der Waals surface area contributed by atoms with Gasteiger partial charge in [-0.15, -0.1) is 0 Å². The van der Waals surface area contributed by atoms with E-state index < -0.39 is 0 Å². The summed E-state index contributed by atoms with van der Waals surface area (Å²) in [5.41, 5.74) is 1.45. The molecule has 2 rings (SSSR count). The van der Waals surface area contributed by atoms with Gasteiger partial charge in [0.15, 0.2) is 0 Å². The molecule has 1 aromatic carbocycles. The van der Waals surface area contributed by atoms with E-state index in [9.17, 15) is 9.50 Å². The average Bonchev–Trinajstić information content (AvgIpc) is 2.42. The van der Waals surface area contributed by atoms with Crippen LogP contribution in [0.25, 0.3) is 0 Å². The lowest BCUT2D eigenvalue weighted by molar-refractivity contribution is 0.433. The Morgan fingerprint density at radius 3 is 2.63 bits per heavy atom. The summed E-state index contributed by atoms with van der Waals surface area (Å²) in [4.78, 5) is 4.27. The second-order valence-electron chi connectivity index (χ2n) is 4.57. The lowest BCUT2D eigenvalue weighted by atomic mass is 10.1. The maximum Gasteiger partial charge on any atom is 0.123 e. The number of nitrogens with one attached hydrogen (secondary N) is 1. The highest BCUT2D eigenvalue weighted by Crippen LogP contribution is 2.26.